The van der Waals surface area contributed by atoms with Gasteiger partial charge in [0.15, 0.2) is 0 Å². The second kappa shape index (κ2) is 7.56. The maximum Gasteiger partial charge on any atom is 0.573 e. The number of alkyl halides is 3. The molecule has 1 rings (SSSR count). The summed E-state index contributed by atoms with van der Waals surface area (Å²) in [6, 6.07) is 5.47. The molecule has 7 heteroatoms. The van der Waals surface area contributed by atoms with Crippen LogP contribution >= 0.6 is 0 Å². The average molecular weight is 303 g/mol. The molecule has 0 spiro atoms. The van der Waals surface area contributed by atoms with E-state index in [-0.39, 0.29) is 12.3 Å². The Balaban J connectivity index is 2.65. The Morgan fingerprint density at radius 2 is 2.10 bits per heavy atom. The fourth-order valence-corrected chi connectivity index (χ4v) is 1.60. The predicted molar refractivity (Wildman–Crippen MR) is 72.0 cm³/mol. The molecule has 1 N–H and O–H groups in total. The molecule has 0 aliphatic rings. The first kappa shape index (κ1) is 16.9. The lowest BCUT2D eigenvalue weighted by atomic mass is 10.2. The number of halogens is 3. The molecule has 0 unspecified atom stereocenters. The van der Waals surface area contributed by atoms with Crippen molar-refractivity contribution < 1.29 is 27.4 Å². The molecule has 0 aliphatic heterocycles. The van der Waals surface area contributed by atoms with E-state index < -0.39 is 12.3 Å². The van der Waals surface area contributed by atoms with E-state index in [1.54, 1.807) is 19.1 Å². The molecule has 21 heavy (non-hydrogen) atoms. The lowest BCUT2D eigenvalue weighted by Gasteiger charge is -2.10. The zero-order valence-electron chi connectivity index (χ0n) is 11.7. The summed E-state index contributed by atoms with van der Waals surface area (Å²) in [7, 11) is 1.29. The summed E-state index contributed by atoms with van der Waals surface area (Å²) >= 11 is 0. The maximum atomic E-state index is 12.1. The Bertz CT molecular complexity index is 512. The quantitative estimate of drug-likeness (QED) is 0.645. The standard InChI is InChI=1S/C14H16F3NO3/c1-3-10(13(19)20-2)7-8-18-11-5-4-6-12(9-11)21-14(15,16)17/h4-7,9,18H,3,8H2,1-2H3/b10-7-. The largest absolute Gasteiger partial charge is 0.573 e. The van der Waals surface area contributed by atoms with E-state index >= 15 is 0 Å². The third kappa shape index (κ3) is 6.20. The normalized spacial score (nSPS) is 12.0. The van der Waals surface area contributed by atoms with Crippen LogP contribution in [-0.2, 0) is 9.53 Å². The number of esters is 1. The van der Waals surface area contributed by atoms with Crippen molar-refractivity contribution in [1.29, 1.82) is 0 Å². The summed E-state index contributed by atoms with van der Waals surface area (Å²) in [4.78, 5) is 11.3. The van der Waals surface area contributed by atoms with Gasteiger partial charge in [-0.1, -0.05) is 19.1 Å². The molecule has 0 fully saturated rings. The number of methoxy groups -OCH3 is 1. The van der Waals surface area contributed by atoms with Gasteiger partial charge in [-0.15, -0.1) is 13.2 Å². The molecule has 4 nitrogen and oxygen atoms in total. The van der Waals surface area contributed by atoms with Gasteiger partial charge in [0.2, 0.25) is 0 Å². The minimum Gasteiger partial charge on any atom is -0.466 e. The fraction of sp³-hybridized carbons (Fsp3) is 0.357. The second-order valence-corrected chi connectivity index (χ2v) is 4.03. The highest BCUT2D eigenvalue weighted by Crippen LogP contribution is 2.24. The van der Waals surface area contributed by atoms with E-state index in [4.69, 9.17) is 0 Å². The number of anilines is 1. The van der Waals surface area contributed by atoms with Crippen LogP contribution in [-0.4, -0.2) is 26.0 Å². The number of hydrogen-bond donors (Lipinski definition) is 1. The maximum absolute atomic E-state index is 12.1. The second-order valence-electron chi connectivity index (χ2n) is 4.03. The van der Waals surface area contributed by atoms with E-state index in [9.17, 15) is 18.0 Å². The lowest BCUT2D eigenvalue weighted by molar-refractivity contribution is -0.274. The van der Waals surface area contributed by atoms with E-state index in [2.05, 4.69) is 14.8 Å². The first-order valence-electron chi connectivity index (χ1n) is 6.22. The van der Waals surface area contributed by atoms with Gasteiger partial charge < -0.3 is 14.8 Å². The molecule has 116 valence electrons. The summed E-state index contributed by atoms with van der Waals surface area (Å²) in [5, 5.41) is 2.88. The molecule has 0 heterocycles. The van der Waals surface area contributed by atoms with Crippen molar-refractivity contribution >= 4 is 11.7 Å². The Morgan fingerprint density at radius 3 is 2.67 bits per heavy atom. The van der Waals surface area contributed by atoms with Gasteiger partial charge in [0.25, 0.3) is 0 Å². The van der Waals surface area contributed by atoms with Gasteiger partial charge in [-0.2, -0.15) is 0 Å². The van der Waals surface area contributed by atoms with E-state index in [1.807, 2.05) is 0 Å². The zero-order chi connectivity index (χ0) is 15.9. The van der Waals surface area contributed by atoms with Gasteiger partial charge in [0, 0.05) is 23.9 Å². The summed E-state index contributed by atoms with van der Waals surface area (Å²) < 4.78 is 44.7. The number of carbonyl (C=O) groups excluding carboxylic acids is 1. The van der Waals surface area contributed by atoms with Crippen LogP contribution in [0.15, 0.2) is 35.9 Å². The van der Waals surface area contributed by atoms with Gasteiger partial charge in [0.1, 0.15) is 5.75 Å². The van der Waals surface area contributed by atoms with Gasteiger partial charge in [0.05, 0.1) is 7.11 Å². The van der Waals surface area contributed by atoms with Crippen LogP contribution in [0.3, 0.4) is 0 Å². The van der Waals surface area contributed by atoms with Crippen molar-refractivity contribution in [3.8, 4) is 5.75 Å². The van der Waals surface area contributed by atoms with Crippen LogP contribution in [0.5, 0.6) is 5.75 Å². The molecule has 0 radical (unpaired) electrons. The smallest absolute Gasteiger partial charge is 0.466 e. The van der Waals surface area contributed by atoms with Crippen molar-refractivity contribution in [2.75, 3.05) is 19.0 Å². The van der Waals surface area contributed by atoms with Gasteiger partial charge in [-0.05, 0) is 18.6 Å². The van der Waals surface area contributed by atoms with Crippen LogP contribution in [0.1, 0.15) is 13.3 Å². The number of nitrogens with one attached hydrogen (secondary N) is 1. The monoisotopic (exact) mass is 303 g/mol. The molecule has 0 aromatic heterocycles. The first-order valence-corrected chi connectivity index (χ1v) is 6.22. The van der Waals surface area contributed by atoms with Crippen LogP contribution in [0.25, 0.3) is 0 Å². The third-order valence-electron chi connectivity index (χ3n) is 2.55. The molecule has 0 saturated carbocycles. The molecule has 1 aromatic carbocycles. The van der Waals surface area contributed by atoms with Crippen LogP contribution in [0.2, 0.25) is 0 Å². The summed E-state index contributed by atoms with van der Waals surface area (Å²) in [5.74, 6) is -0.728. The van der Waals surface area contributed by atoms with Crippen molar-refractivity contribution in [1.82, 2.24) is 0 Å². The summed E-state index contributed by atoms with van der Waals surface area (Å²) in [5.41, 5.74) is 0.945. The Morgan fingerprint density at radius 1 is 1.38 bits per heavy atom. The number of rotatable bonds is 6. The molecule has 0 bridgehead atoms. The van der Waals surface area contributed by atoms with Crippen molar-refractivity contribution in [3.63, 3.8) is 0 Å². The van der Waals surface area contributed by atoms with E-state index in [0.717, 1.165) is 0 Å². The molecule has 0 aliphatic carbocycles. The molecule has 0 saturated heterocycles. The van der Waals surface area contributed by atoms with Crippen molar-refractivity contribution in [2.24, 2.45) is 0 Å². The van der Waals surface area contributed by atoms with E-state index in [0.29, 0.717) is 17.7 Å². The SMILES string of the molecule is CC/C(=C/CNc1cccc(OC(F)(F)F)c1)C(=O)OC. The molecular weight excluding hydrogens is 287 g/mol. The Kier molecular flexibility index (Phi) is 6.08. The zero-order valence-corrected chi connectivity index (χ0v) is 11.7. The topological polar surface area (TPSA) is 47.6 Å². The highest BCUT2D eigenvalue weighted by Gasteiger charge is 2.31. The number of carbonyl (C=O) groups is 1. The fourth-order valence-electron chi connectivity index (χ4n) is 1.60. The van der Waals surface area contributed by atoms with Gasteiger partial charge in [-0.25, -0.2) is 4.79 Å². The summed E-state index contributed by atoms with van der Waals surface area (Å²) in [6.07, 6.45) is -2.59. The highest BCUT2D eigenvalue weighted by atomic mass is 19.4. The van der Waals surface area contributed by atoms with Crippen LogP contribution in [0.4, 0.5) is 18.9 Å². The molecule has 0 atom stereocenters. The average Bonchev–Trinajstić information content (AvgIpc) is 2.41. The molecular formula is C14H16F3NO3. The van der Waals surface area contributed by atoms with Crippen LogP contribution < -0.4 is 10.1 Å². The Labute approximate surface area is 120 Å². The van der Waals surface area contributed by atoms with Gasteiger partial charge >= 0.3 is 12.3 Å². The van der Waals surface area contributed by atoms with Gasteiger partial charge in [-0.3, -0.25) is 0 Å². The minimum absolute atomic E-state index is 0.285. The highest BCUT2D eigenvalue weighted by molar-refractivity contribution is 5.88. The number of benzene rings is 1. The summed E-state index contributed by atoms with van der Waals surface area (Å²) in [6.45, 7) is 2.09. The minimum atomic E-state index is -4.72. The van der Waals surface area contributed by atoms with Crippen molar-refractivity contribution in [2.45, 2.75) is 19.7 Å². The number of ether oxygens (including phenoxy) is 2. The lowest BCUT2D eigenvalue weighted by Crippen LogP contribution is -2.17. The molecule has 1 aromatic rings. The third-order valence-corrected chi connectivity index (χ3v) is 2.55. The van der Waals surface area contributed by atoms with Crippen molar-refractivity contribution in [3.05, 3.63) is 35.9 Å². The Hall–Kier alpha value is -2.18. The molecule has 0 amide bonds. The predicted octanol–water partition coefficient (Wildman–Crippen LogP) is 3.51. The van der Waals surface area contributed by atoms with E-state index in [1.165, 1.54) is 25.3 Å². The first-order chi connectivity index (χ1) is 9.85. The van der Waals surface area contributed by atoms with Crippen LogP contribution in [0, 0.1) is 0 Å². The number of hydrogen-bond acceptors (Lipinski definition) is 4.